The third-order valence-electron chi connectivity index (χ3n) is 3.99. The largest absolute Gasteiger partial charge is 0.392 e. The van der Waals surface area contributed by atoms with E-state index in [1.807, 2.05) is 6.92 Å². The lowest BCUT2D eigenvalue weighted by atomic mass is 10.1. The summed E-state index contributed by atoms with van der Waals surface area (Å²) in [7, 11) is 0. The number of piperazine rings is 1. The number of β-amino-alcohol motifs (C(OH)–C–C–N with tert-alkyl or cyclic N) is 1. The highest BCUT2D eigenvalue weighted by Crippen LogP contribution is 2.13. The van der Waals surface area contributed by atoms with Gasteiger partial charge in [-0.05, 0) is 25.5 Å². The molecule has 1 amide bonds. The fourth-order valence-electron chi connectivity index (χ4n) is 2.91. The van der Waals surface area contributed by atoms with Gasteiger partial charge in [0.1, 0.15) is 0 Å². The summed E-state index contributed by atoms with van der Waals surface area (Å²) < 4.78 is 0. The number of carbonyl (C=O) groups excluding carboxylic acids is 1. The van der Waals surface area contributed by atoms with Crippen molar-refractivity contribution < 1.29 is 9.90 Å². The average molecular weight is 306 g/mol. The van der Waals surface area contributed by atoms with Crippen LogP contribution in [0.5, 0.6) is 0 Å². The van der Waals surface area contributed by atoms with Crippen LogP contribution in [-0.2, 0) is 4.79 Å². The van der Waals surface area contributed by atoms with Gasteiger partial charge in [-0.1, -0.05) is 6.92 Å². The molecule has 1 saturated heterocycles. The molecule has 2 atom stereocenters. The molecule has 1 aromatic rings. The van der Waals surface area contributed by atoms with Crippen LogP contribution in [0.3, 0.4) is 0 Å². The van der Waals surface area contributed by atoms with Gasteiger partial charge in [0.15, 0.2) is 0 Å². The monoisotopic (exact) mass is 306 g/mol. The number of nitrogens with one attached hydrogen (secondary N) is 1. The van der Waals surface area contributed by atoms with Crippen LogP contribution in [0.25, 0.3) is 0 Å². The topological polar surface area (TPSA) is 68.7 Å². The maximum atomic E-state index is 12.1. The van der Waals surface area contributed by atoms with E-state index in [2.05, 4.69) is 27.0 Å². The molecule has 2 unspecified atom stereocenters. The van der Waals surface area contributed by atoms with Crippen LogP contribution in [0.2, 0.25) is 0 Å². The van der Waals surface area contributed by atoms with E-state index in [1.54, 1.807) is 24.5 Å². The van der Waals surface area contributed by atoms with Gasteiger partial charge in [-0.25, -0.2) is 0 Å². The fraction of sp³-hybridized carbons (Fsp3) is 0.625. The van der Waals surface area contributed by atoms with Gasteiger partial charge >= 0.3 is 0 Å². The Balaban J connectivity index is 1.83. The van der Waals surface area contributed by atoms with E-state index in [0.717, 1.165) is 31.7 Å². The fourth-order valence-corrected chi connectivity index (χ4v) is 2.91. The van der Waals surface area contributed by atoms with Crippen LogP contribution in [0.15, 0.2) is 24.5 Å². The first-order valence-electron chi connectivity index (χ1n) is 7.92. The van der Waals surface area contributed by atoms with Gasteiger partial charge in [0.05, 0.1) is 12.6 Å². The number of aliphatic hydroxyl groups excluding tert-OH is 1. The van der Waals surface area contributed by atoms with Gasteiger partial charge in [-0.15, -0.1) is 0 Å². The average Bonchev–Trinajstić information content (AvgIpc) is 2.49. The Morgan fingerprint density at radius 2 is 2.18 bits per heavy atom. The number of hydrogen-bond donors (Lipinski definition) is 2. The lowest BCUT2D eigenvalue weighted by molar-refractivity contribution is -0.118. The third kappa shape index (κ3) is 5.05. The predicted molar refractivity (Wildman–Crippen MR) is 86.6 cm³/mol. The molecule has 1 aliphatic rings. The van der Waals surface area contributed by atoms with Crippen molar-refractivity contribution in [3.63, 3.8) is 0 Å². The normalized spacial score (nSPS) is 21.5. The summed E-state index contributed by atoms with van der Waals surface area (Å²) in [5.74, 6) is 0.00466. The van der Waals surface area contributed by atoms with Crippen LogP contribution in [-0.4, -0.2) is 70.7 Å². The first-order chi connectivity index (χ1) is 10.6. The molecule has 6 nitrogen and oxygen atoms in total. The Labute approximate surface area is 132 Å². The van der Waals surface area contributed by atoms with Gasteiger partial charge in [0.25, 0.3) is 0 Å². The second-order valence-electron chi connectivity index (χ2n) is 5.93. The molecule has 1 aromatic heterocycles. The van der Waals surface area contributed by atoms with Crippen molar-refractivity contribution in [2.75, 3.05) is 38.0 Å². The van der Waals surface area contributed by atoms with Crippen LogP contribution in [0.4, 0.5) is 5.69 Å². The maximum Gasteiger partial charge on any atom is 0.238 e. The van der Waals surface area contributed by atoms with E-state index in [9.17, 15) is 9.90 Å². The molecule has 1 aliphatic heterocycles. The maximum absolute atomic E-state index is 12.1. The SMILES string of the molecule is CCC1CN(CC(=O)Nc2ccncc2)CCN1CC(C)O. The highest BCUT2D eigenvalue weighted by atomic mass is 16.3. The zero-order chi connectivity index (χ0) is 15.9. The van der Waals surface area contributed by atoms with E-state index in [1.165, 1.54) is 0 Å². The number of hydrogen-bond acceptors (Lipinski definition) is 5. The number of pyridine rings is 1. The summed E-state index contributed by atoms with van der Waals surface area (Å²) in [6, 6.07) is 3.97. The Hall–Kier alpha value is -1.50. The Kier molecular flexibility index (Phi) is 6.30. The summed E-state index contributed by atoms with van der Waals surface area (Å²) in [4.78, 5) is 20.5. The number of aromatic nitrogens is 1. The molecule has 0 aromatic carbocycles. The highest BCUT2D eigenvalue weighted by Gasteiger charge is 2.27. The molecular formula is C16H26N4O2. The standard InChI is InChI=1S/C16H26N4O2/c1-3-15-11-19(8-9-20(15)10-13(2)21)12-16(22)18-14-4-6-17-7-5-14/h4-7,13,15,21H,3,8-12H2,1-2H3,(H,17,18,22). The lowest BCUT2D eigenvalue weighted by Crippen LogP contribution is -2.55. The second kappa shape index (κ2) is 8.22. The predicted octanol–water partition coefficient (Wildman–Crippen LogP) is 0.797. The summed E-state index contributed by atoms with van der Waals surface area (Å²) >= 11 is 0. The van der Waals surface area contributed by atoms with Gasteiger partial charge in [-0.3, -0.25) is 19.6 Å². The van der Waals surface area contributed by atoms with Crippen LogP contribution in [0.1, 0.15) is 20.3 Å². The molecule has 0 bridgehead atoms. The van der Waals surface area contributed by atoms with Crippen LogP contribution < -0.4 is 5.32 Å². The summed E-state index contributed by atoms with van der Waals surface area (Å²) in [6.45, 7) is 7.70. The number of amides is 1. The van der Waals surface area contributed by atoms with Crippen molar-refractivity contribution in [1.82, 2.24) is 14.8 Å². The van der Waals surface area contributed by atoms with Crippen molar-refractivity contribution >= 4 is 11.6 Å². The van der Waals surface area contributed by atoms with E-state index >= 15 is 0 Å². The first-order valence-corrected chi connectivity index (χ1v) is 7.92. The lowest BCUT2D eigenvalue weighted by Gasteiger charge is -2.41. The molecule has 0 aliphatic carbocycles. The summed E-state index contributed by atoms with van der Waals surface area (Å²) in [5.41, 5.74) is 0.778. The zero-order valence-electron chi connectivity index (χ0n) is 13.4. The number of rotatable bonds is 6. The smallest absolute Gasteiger partial charge is 0.238 e. The quantitative estimate of drug-likeness (QED) is 0.813. The molecular weight excluding hydrogens is 280 g/mol. The Bertz CT molecular complexity index is 466. The molecule has 6 heteroatoms. The Morgan fingerprint density at radius 1 is 1.45 bits per heavy atom. The summed E-state index contributed by atoms with van der Waals surface area (Å²) in [6.07, 6.45) is 4.04. The molecule has 0 radical (unpaired) electrons. The van der Waals surface area contributed by atoms with Crippen molar-refractivity contribution in [3.05, 3.63) is 24.5 Å². The van der Waals surface area contributed by atoms with E-state index in [-0.39, 0.29) is 12.0 Å². The number of aliphatic hydroxyl groups is 1. The van der Waals surface area contributed by atoms with Crippen LogP contribution >= 0.6 is 0 Å². The Morgan fingerprint density at radius 3 is 2.82 bits per heavy atom. The number of nitrogens with zero attached hydrogens (tertiary/aromatic N) is 3. The van der Waals surface area contributed by atoms with E-state index in [0.29, 0.717) is 19.1 Å². The molecule has 0 saturated carbocycles. The van der Waals surface area contributed by atoms with Crippen molar-refractivity contribution in [2.45, 2.75) is 32.4 Å². The second-order valence-corrected chi connectivity index (χ2v) is 5.93. The van der Waals surface area contributed by atoms with Gasteiger partial charge in [0.2, 0.25) is 5.91 Å². The van der Waals surface area contributed by atoms with Crippen molar-refractivity contribution in [2.24, 2.45) is 0 Å². The zero-order valence-corrected chi connectivity index (χ0v) is 13.4. The third-order valence-corrected chi connectivity index (χ3v) is 3.99. The molecule has 122 valence electrons. The molecule has 1 fully saturated rings. The summed E-state index contributed by atoms with van der Waals surface area (Å²) in [5, 5.41) is 12.5. The van der Waals surface area contributed by atoms with Crippen molar-refractivity contribution in [3.8, 4) is 0 Å². The molecule has 2 heterocycles. The number of carbonyl (C=O) groups is 1. The first kappa shape index (κ1) is 16.9. The van der Waals surface area contributed by atoms with Crippen LogP contribution in [0, 0.1) is 0 Å². The molecule has 0 spiro atoms. The molecule has 22 heavy (non-hydrogen) atoms. The minimum atomic E-state index is -0.310. The van der Waals surface area contributed by atoms with Gasteiger partial charge in [0, 0.05) is 50.3 Å². The minimum absolute atomic E-state index is 0.00466. The van der Waals surface area contributed by atoms with Gasteiger partial charge < -0.3 is 10.4 Å². The minimum Gasteiger partial charge on any atom is -0.392 e. The molecule has 2 rings (SSSR count). The number of anilines is 1. The highest BCUT2D eigenvalue weighted by molar-refractivity contribution is 5.92. The van der Waals surface area contributed by atoms with Gasteiger partial charge in [-0.2, -0.15) is 0 Å². The van der Waals surface area contributed by atoms with E-state index < -0.39 is 0 Å². The van der Waals surface area contributed by atoms with E-state index in [4.69, 9.17) is 0 Å². The molecule has 2 N–H and O–H groups in total. The van der Waals surface area contributed by atoms with Crippen molar-refractivity contribution in [1.29, 1.82) is 0 Å².